The average Bonchev–Trinajstić information content (AvgIpc) is 2.60. The van der Waals surface area contributed by atoms with E-state index >= 15 is 0 Å². The molecule has 0 aromatic carbocycles. The quantitative estimate of drug-likeness (QED) is 0.768. The molecular formula is C9H9ClF3NOS2. The lowest BCUT2D eigenvalue weighted by molar-refractivity contribution is -0.141. The number of thiazole rings is 1. The van der Waals surface area contributed by atoms with Gasteiger partial charge in [-0.1, -0.05) is 48.0 Å². The van der Waals surface area contributed by atoms with Gasteiger partial charge in [-0.2, -0.15) is 13.2 Å². The van der Waals surface area contributed by atoms with Crippen molar-refractivity contribution in [2.45, 2.75) is 25.9 Å². The highest BCUT2D eigenvalue weighted by molar-refractivity contribution is 8.14. The number of carbonyl (C=O) groups is 1. The molecule has 0 spiro atoms. The summed E-state index contributed by atoms with van der Waals surface area (Å²) in [6.45, 7) is 1.94. The molecule has 0 radical (unpaired) electrons. The Balaban J connectivity index is 2.86. The third-order valence-electron chi connectivity index (χ3n) is 1.79. The first kappa shape index (κ1) is 14.8. The Kier molecular flexibility index (Phi) is 5.27. The molecule has 0 saturated heterocycles. The standard InChI is InChI=1S/C9H9ClF3NOS2/c1-2-3-4-16-7(15)5-6(9(11,12)13)14-8(10)17-5/h2-4H2,1H3. The van der Waals surface area contributed by atoms with Crippen LogP contribution in [0.4, 0.5) is 13.2 Å². The minimum absolute atomic E-state index is 0.267. The van der Waals surface area contributed by atoms with Gasteiger partial charge in [-0.15, -0.1) is 0 Å². The van der Waals surface area contributed by atoms with Gasteiger partial charge in [-0.25, -0.2) is 4.98 Å². The molecule has 0 aliphatic carbocycles. The topological polar surface area (TPSA) is 30.0 Å². The van der Waals surface area contributed by atoms with Gasteiger partial charge in [0, 0.05) is 5.75 Å². The van der Waals surface area contributed by atoms with Crippen LogP contribution in [0.2, 0.25) is 4.47 Å². The van der Waals surface area contributed by atoms with Crippen LogP contribution >= 0.6 is 34.7 Å². The zero-order chi connectivity index (χ0) is 13.1. The maximum absolute atomic E-state index is 12.5. The molecule has 2 nitrogen and oxygen atoms in total. The summed E-state index contributed by atoms with van der Waals surface area (Å²) in [6, 6.07) is 0. The van der Waals surface area contributed by atoms with Crippen molar-refractivity contribution >= 4 is 39.8 Å². The van der Waals surface area contributed by atoms with Crippen LogP contribution in [-0.4, -0.2) is 15.9 Å². The summed E-state index contributed by atoms with van der Waals surface area (Å²) in [5.41, 5.74) is -1.18. The zero-order valence-corrected chi connectivity index (χ0v) is 11.2. The summed E-state index contributed by atoms with van der Waals surface area (Å²) in [6.07, 6.45) is -2.97. The summed E-state index contributed by atoms with van der Waals surface area (Å²) in [4.78, 5) is 14.3. The highest BCUT2D eigenvalue weighted by Gasteiger charge is 2.39. The molecule has 0 aliphatic rings. The first-order chi connectivity index (χ1) is 7.86. The Morgan fingerprint density at radius 1 is 1.53 bits per heavy atom. The normalized spacial score (nSPS) is 11.8. The highest BCUT2D eigenvalue weighted by Crippen LogP contribution is 2.37. The number of halogens is 4. The van der Waals surface area contributed by atoms with Gasteiger partial charge in [-0.05, 0) is 6.42 Å². The van der Waals surface area contributed by atoms with Gasteiger partial charge >= 0.3 is 6.18 Å². The van der Waals surface area contributed by atoms with Crippen molar-refractivity contribution in [3.63, 3.8) is 0 Å². The second-order valence-electron chi connectivity index (χ2n) is 3.13. The second kappa shape index (κ2) is 6.06. The van der Waals surface area contributed by atoms with Gasteiger partial charge in [0.25, 0.3) is 0 Å². The van der Waals surface area contributed by atoms with E-state index in [4.69, 9.17) is 11.6 Å². The number of hydrogen-bond donors (Lipinski definition) is 0. The molecule has 1 aromatic heterocycles. The first-order valence-corrected chi connectivity index (χ1v) is 6.95. The molecule has 1 aromatic rings. The number of carbonyl (C=O) groups excluding carboxylic acids is 1. The molecule has 1 heterocycles. The molecule has 0 unspecified atom stereocenters. The number of hydrogen-bond acceptors (Lipinski definition) is 4. The minimum Gasteiger partial charge on any atom is -0.281 e. The molecule has 0 atom stereocenters. The van der Waals surface area contributed by atoms with Crippen molar-refractivity contribution in [2.24, 2.45) is 0 Å². The van der Waals surface area contributed by atoms with Crippen LogP contribution in [-0.2, 0) is 6.18 Å². The third-order valence-corrected chi connectivity index (χ3v) is 4.03. The van der Waals surface area contributed by atoms with Crippen molar-refractivity contribution in [1.29, 1.82) is 0 Å². The third kappa shape index (κ3) is 4.15. The fourth-order valence-electron chi connectivity index (χ4n) is 0.999. The molecule has 0 N–H and O–H groups in total. The van der Waals surface area contributed by atoms with E-state index in [-0.39, 0.29) is 4.47 Å². The van der Waals surface area contributed by atoms with Gasteiger partial charge in [0.1, 0.15) is 4.88 Å². The van der Waals surface area contributed by atoms with Crippen LogP contribution in [0.5, 0.6) is 0 Å². The Bertz CT molecular complexity index is 405. The van der Waals surface area contributed by atoms with Crippen LogP contribution in [0, 0.1) is 0 Å². The van der Waals surface area contributed by atoms with Gasteiger partial charge in [-0.3, -0.25) is 4.79 Å². The van der Waals surface area contributed by atoms with Gasteiger partial charge in [0.15, 0.2) is 10.2 Å². The van der Waals surface area contributed by atoms with E-state index in [0.29, 0.717) is 17.1 Å². The molecule has 0 fully saturated rings. The summed E-state index contributed by atoms with van der Waals surface area (Å²) in [7, 11) is 0. The lowest BCUT2D eigenvalue weighted by atomic mass is 10.4. The minimum atomic E-state index is -4.64. The summed E-state index contributed by atoms with van der Waals surface area (Å²) in [5, 5.41) is -0.616. The highest BCUT2D eigenvalue weighted by atomic mass is 35.5. The Labute approximate surface area is 110 Å². The second-order valence-corrected chi connectivity index (χ2v) is 5.78. The van der Waals surface area contributed by atoms with Crippen LogP contribution in [0.3, 0.4) is 0 Å². The number of thioether (sulfide) groups is 1. The number of unbranched alkanes of at least 4 members (excludes halogenated alkanes) is 1. The number of nitrogens with zero attached hydrogens (tertiary/aromatic N) is 1. The molecule has 0 aliphatic heterocycles. The average molecular weight is 304 g/mol. The van der Waals surface area contributed by atoms with E-state index in [1.54, 1.807) is 0 Å². The molecule has 8 heteroatoms. The zero-order valence-electron chi connectivity index (χ0n) is 8.81. The molecule has 0 saturated carbocycles. The van der Waals surface area contributed by atoms with Gasteiger partial charge in [0.2, 0.25) is 5.12 Å². The van der Waals surface area contributed by atoms with E-state index in [1.165, 1.54) is 0 Å². The summed E-state index contributed by atoms with van der Waals surface area (Å²) in [5.74, 6) is 0.502. The SMILES string of the molecule is CCCCSC(=O)c1sc(Cl)nc1C(F)(F)F. The van der Waals surface area contributed by atoms with Crippen molar-refractivity contribution in [3.05, 3.63) is 15.0 Å². The van der Waals surface area contributed by atoms with Crippen LogP contribution in [0.15, 0.2) is 0 Å². The number of rotatable bonds is 4. The lowest BCUT2D eigenvalue weighted by Gasteiger charge is -2.04. The lowest BCUT2D eigenvalue weighted by Crippen LogP contribution is -2.10. The Morgan fingerprint density at radius 3 is 2.71 bits per heavy atom. The van der Waals surface area contributed by atoms with E-state index in [1.807, 2.05) is 6.92 Å². The first-order valence-electron chi connectivity index (χ1n) is 4.77. The van der Waals surface area contributed by atoms with E-state index in [0.717, 1.165) is 24.6 Å². The Hall–Kier alpha value is -0.270. The van der Waals surface area contributed by atoms with Crippen molar-refractivity contribution in [1.82, 2.24) is 4.98 Å². The van der Waals surface area contributed by atoms with Gasteiger partial charge in [0.05, 0.1) is 0 Å². The molecule has 1 rings (SSSR count). The predicted octanol–water partition coefficient (Wildman–Crippen LogP) is 4.49. The molecule has 0 bridgehead atoms. The smallest absolute Gasteiger partial charge is 0.281 e. The monoisotopic (exact) mass is 303 g/mol. The molecule has 96 valence electrons. The van der Waals surface area contributed by atoms with Crippen LogP contribution in [0.1, 0.15) is 35.1 Å². The van der Waals surface area contributed by atoms with Crippen molar-refractivity contribution in [2.75, 3.05) is 5.75 Å². The molecular weight excluding hydrogens is 295 g/mol. The summed E-state index contributed by atoms with van der Waals surface area (Å²) >= 11 is 6.86. The fourth-order valence-corrected chi connectivity index (χ4v) is 3.11. The fraction of sp³-hybridized carbons (Fsp3) is 0.556. The molecule has 0 amide bonds. The maximum Gasteiger partial charge on any atom is 0.435 e. The van der Waals surface area contributed by atoms with Crippen molar-refractivity contribution in [3.8, 4) is 0 Å². The van der Waals surface area contributed by atoms with Crippen LogP contribution in [0.25, 0.3) is 0 Å². The van der Waals surface area contributed by atoms with E-state index in [9.17, 15) is 18.0 Å². The predicted molar refractivity (Wildman–Crippen MR) is 63.8 cm³/mol. The maximum atomic E-state index is 12.5. The molecule has 17 heavy (non-hydrogen) atoms. The number of alkyl halides is 3. The van der Waals surface area contributed by atoms with Crippen molar-refractivity contribution < 1.29 is 18.0 Å². The van der Waals surface area contributed by atoms with Crippen LogP contribution < -0.4 is 0 Å². The Morgan fingerprint density at radius 2 is 2.18 bits per heavy atom. The number of aromatic nitrogens is 1. The largest absolute Gasteiger partial charge is 0.435 e. The van der Waals surface area contributed by atoms with Gasteiger partial charge < -0.3 is 0 Å². The van der Waals surface area contributed by atoms with E-state index < -0.39 is 21.9 Å². The van der Waals surface area contributed by atoms with E-state index in [2.05, 4.69) is 4.98 Å². The summed E-state index contributed by atoms with van der Waals surface area (Å²) < 4.78 is 37.3.